The van der Waals surface area contributed by atoms with Gasteiger partial charge in [-0.1, -0.05) is 0 Å². The molecular formula is C11H14NO2. The predicted molar refractivity (Wildman–Crippen MR) is 54.7 cm³/mol. The summed E-state index contributed by atoms with van der Waals surface area (Å²) in [6.45, 7) is 5.02. The van der Waals surface area contributed by atoms with Crippen LogP contribution in [0.1, 0.15) is 5.56 Å². The molecule has 3 heteroatoms. The molecule has 1 aliphatic rings. The lowest BCUT2D eigenvalue weighted by molar-refractivity contribution is 0.122. The number of phenols is 1. The first kappa shape index (κ1) is 9.34. The van der Waals surface area contributed by atoms with Gasteiger partial charge in [-0.15, -0.1) is 0 Å². The predicted octanol–water partition coefficient (Wildman–Crippen LogP) is 1.34. The average Bonchev–Trinajstić information content (AvgIpc) is 2.23. The fourth-order valence-electron chi connectivity index (χ4n) is 1.63. The number of nitrogens with zero attached hydrogens (tertiary/aromatic N) is 1. The molecule has 0 unspecified atom stereocenters. The second-order valence-electron chi connectivity index (χ2n) is 3.47. The van der Waals surface area contributed by atoms with Crippen molar-refractivity contribution in [2.75, 3.05) is 31.2 Å². The van der Waals surface area contributed by atoms with E-state index in [0.717, 1.165) is 37.6 Å². The van der Waals surface area contributed by atoms with E-state index in [9.17, 15) is 5.11 Å². The summed E-state index contributed by atoms with van der Waals surface area (Å²) in [5.41, 5.74) is 1.74. The number of aryl methyl sites for hydroxylation is 1. The molecule has 1 heterocycles. The summed E-state index contributed by atoms with van der Waals surface area (Å²) in [4.78, 5) is 2.13. The molecule has 0 aromatic heterocycles. The van der Waals surface area contributed by atoms with Crippen molar-refractivity contribution in [3.05, 3.63) is 23.8 Å². The zero-order valence-electron chi connectivity index (χ0n) is 8.29. The van der Waals surface area contributed by atoms with Gasteiger partial charge in [0, 0.05) is 13.1 Å². The molecule has 0 amide bonds. The fraction of sp³-hybridized carbons (Fsp3) is 0.455. The van der Waals surface area contributed by atoms with Crippen molar-refractivity contribution in [3.8, 4) is 5.75 Å². The van der Waals surface area contributed by atoms with Crippen molar-refractivity contribution in [1.29, 1.82) is 0 Å². The molecule has 1 N–H and O–H groups in total. The van der Waals surface area contributed by atoms with E-state index < -0.39 is 0 Å². The number of hydrogen-bond donors (Lipinski definition) is 1. The summed E-state index contributed by atoms with van der Waals surface area (Å²) in [6.07, 6.45) is 0. The maximum Gasteiger partial charge on any atom is 0.141 e. The SMILES string of the molecule is Cc1c[c]cc(N2CCOCC2)c1O. The molecule has 1 saturated heterocycles. The lowest BCUT2D eigenvalue weighted by Gasteiger charge is -2.29. The molecule has 14 heavy (non-hydrogen) atoms. The summed E-state index contributed by atoms with van der Waals surface area (Å²) in [5.74, 6) is 0.366. The maximum atomic E-state index is 9.85. The molecule has 1 aromatic carbocycles. The van der Waals surface area contributed by atoms with Crippen molar-refractivity contribution in [2.45, 2.75) is 6.92 Å². The molecule has 1 fully saturated rings. The molecule has 3 nitrogen and oxygen atoms in total. The molecule has 1 aromatic rings. The van der Waals surface area contributed by atoms with Crippen LogP contribution < -0.4 is 4.90 Å². The smallest absolute Gasteiger partial charge is 0.141 e. The Morgan fingerprint density at radius 1 is 1.36 bits per heavy atom. The Balaban J connectivity index is 2.26. The van der Waals surface area contributed by atoms with Crippen LogP contribution in [0.15, 0.2) is 12.1 Å². The molecule has 0 spiro atoms. The number of morpholine rings is 1. The van der Waals surface area contributed by atoms with Gasteiger partial charge < -0.3 is 14.7 Å². The van der Waals surface area contributed by atoms with Crippen LogP contribution in [0.3, 0.4) is 0 Å². The number of phenolic OH excluding ortho intramolecular Hbond substituents is 1. The van der Waals surface area contributed by atoms with Gasteiger partial charge in [-0.05, 0) is 30.7 Å². The summed E-state index contributed by atoms with van der Waals surface area (Å²) < 4.78 is 5.26. The zero-order chi connectivity index (χ0) is 9.97. The number of hydrogen-bond acceptors (Lipinski definition) is 3. The third-order valence-electron chi connectivity index (χ3n) is 2.49. The van der Waals surface area contributed by atoms with E-state index >= 15 is 0 Å². The van der Waals surface area contributed by atoms with Gasteiger partial charge in [0.1, 0.15) is 5.75 Å². The monoisotopic (exact) mass is 192 g/mol. The first-order valence-electron chi connectivity index (χ1n) is 4.81. The Kier molecular flexibility index (Phi) is 2.59. The van der Waals surface area contributed by atoms with E-state index in [0.29, 0.717) is 5.75 Å². The quantitative estimate of drug-likeness (QED) is 0.728. The van der Waals surface area contributed by atoms with Gasteiger partial charge in [0.05, 0.1) is 18.9 Å². The third-order valence-corrected chi connectivity index (χ3v) is 2.49. The normalized spacial score (nSPS) is 17.1. The summed E-state index contributed by atoms with van der Waals surface area (Å²) in [7, 11) is 0. The van der Waals surface area contributed by atoms with Gasteiger partial charge in [0.25, 0.3) is 0 Å². The number of benzene rings is 1. The molecular weight excluding hydrogens is 178 g/mol. The molecule has 75 valence electrons. The Bertz CT molecular complexity index is 319. The lowest BCUT2D eigenvalue weighted by Crippen LogP contribution is -2.36. The Morgan fingerprint density at radius 3 is 2.79 bits per heavy atom. The van der Waals surface area contributed by atoms with Crippen molar-refractivity contribution >= 4 is 5.69 Å². The van der Waals surface area contributed by atoms with Gasteiger partial charge >= 0.3 is 0 Å². The van der Waals surface area contributed by atoms with Crippen LogP contribution in [0.5, 0.6) is 5.75 Å². The van der Waals surface area contributed by atoms with Crippen molar-refractivity contribution in [2.24, 2.45) is 0 Å². The van der Waals surface area contributed by atoms with Gasteiger partial charge in [0.2, 0.25) is 0 Å². The standard InChI is InChI=1S/C11H14NO2/c1-9-3-2-4-10(11(9)13)12-5-7-14-8-6-12/h3-4,13H,5-8H2,1H3. The van der Waals surface area contributed by atoms with E-state index in [2.05, 4.69) is 11.0 Å². The summed E-state index contributed by atoms with van der Waals surface area (Å²) >= 11 is 0. The highest BCUT2D eigenvalue weighted by Gasteiger charge is 2.14. The highest BCUT2D eigenvalue weighted by Crippen LogP contribution is 2.30. The molecule has 0 atom stereocenters. The van der Waals surface area contributed by atoms with Gasteiger partial charge in [-0.2, -0.15) is 0 Å². The van der Waals surface area contributed by atoms with Crippen LogP contribution in [-0.4, -0.2) is 31.4 Å². The van der Waals surface area contributed by atoms with Crippen molar-refractivity contribution in [1.82, 2.24) is 0 Å². The number of anilines is 1. The maximum absolute atomic E-state index is 9.85. The van der Waals surface area contributed by atoms with Crippen LogP contribution >= 0.6 is 0 Å². The number of aromatic hydroxyl groups is 1. The number of rotatable bonds is 1. The summed E-state index contributed by atoms with van der Waals surface area (Å²) in [6, 6.07) is 6.64. The first-order chi connectivity index (χ1) is 6.79. The Labute approximate surface area is 83.9 Å². The van der Waals surface area contributed by atoms with E-state index in [-0.39, 0.29) is 0 Å². The van der Waals surface area contributed by atoms with E-state index in [1.165, 1.54) is 0 Å². The molecule has 0 aliphatic carbocycles. The molecule has 2 rings (SSSR count). The largest absolute Gasteiger partial charge is 0.505 e. The average molecular weight is 192 g/mol. The highest BCUT2D eigenvalue weighted by molar-refractivity contribution is 5.60. The lowest BCUT2D eigenvalue weighted by atomic mass is 10.1. The van der Waals surface area contributed by atoms with Crippen molar-refractivity contribution in [3.63, 3.8) is 0 Å². The molecule has 0 bridgehead atoms. The van der Waals surface area contributed by atoms with E-state index in [1.807, 2.05) is 13.0 Å². The number of ether oxygens (including phenoxy) is 1. The topological polar surface area (TPSA) is 32.7 Å². The Morgan fingerprint density at radius 2 is 2.07 bits per heavy atom. The molecule has 1 aliphatic heterocycles. The van der Waals surface area contributed by atoms with Crippen molar-refractivity contribution < 1.29 is 9.84 Å². The minimum absolute atomic E-state index is 0.366. The van der Waals surface area contributed by atoms with E-state index in [1.54, 1.807) is 6.07 Å². The minimum atomic E-state index is 0.366. The highest BCUT2D eigenvalue weighted by atomic mass is 16.5. The second kappa shape index (κ2) is 3.88. The molecule has 0 saturated carbocycles. The fourth-order valence-corrected chi connectivity index (χ4v) is 1.63. The van der Waals surface area contributed by atoms with Crippen LogP contribution in [-0.2, 0) is 4.74 Å². The molecule has 1 radical (unpaired) electrons. The van der Waals surface area contributed by atoms with Crippen LogP contribution in [0.25, 0.3) is 0 Å². The van der Waals surface area contributed by atoms with Gasteiger partial charge in [-0.25, -0.2) is 0 Å². The minimum Gasteiger partial charge on any atom is -0.505 e. The van der Waals surface area contributed by atoms with E-state index in [4.69, 9.17) is 4.74 Å². The van der Waals surface area contributed by atoms with Gasteiger partial charge in [0.15, 0.2) is 0 Å². The third kappa shape index (κ3) is 1.68. The summed E-state index contributed by atoms with van der Waals surface area (Å²) in [5, 5.41) is 9.85. The van der Waals surface area contributed by atoms with Crippen LogP contribution in [0.4, 0.5) is 5.69 Å². The Hall–Kier alpha value is -1.22. The zero-order valence-corrected chi connectivity index (χ0v) is 8.29. The van der Waals surface area contributed by atoms with Crippen LogP contribution in [0, 0.1) is 13.0 Å². The first-order valence-corrected chi connectivity index (χ1v) is 4.81. The van der Waals surface area contributed by atoms with Gasteiger partial charge in [-0.3, -0.25) is 0 Å². The van der Waals surface area contributed by atoms with Crippen LogP contribution in [0.2, 0.25) is 0 Å². The second-order valence-corrected chi connectivity index (χ2v) is 3.47.